The second-order valence-electron chi connectivity index (χ2n) is 7.88. The molecule has 1 fully saturated rings. The van der Waals surface area contributed by atoms with Gasteiger partial charge in [0.25, 0.3) is 0 Å². The largest absolute Gasteiger partial charge is 0.465 e. The normalized spacial score (nSPS) is 22.2. The van der Waals surface area contributed by atoms with Crippen LogP contribution >= 0.6 is 0 Å². The Balaban J connectivity index is 1.67. The number of para-hydroxylation sites is 1. The van der Waals surface area contributed by atoms with Gasteiger partial charge < -0.3 is 13.9 Å². The van der Waals surface area contributed by atoms with Crippen LogP contribution in [0.3, 0.4) is 0 Å². The summed E-state index contributed by atoms with van der Waals surface area (Å²) in [5.41, 5.74) is 3.90. The average molecular weight is 403 g/mol. The number of carbonyl (C=O) groups excluding carboxylic acids is 2. The van der Waals surface area contributed by atoms with Crippen LogP contribution in [0.5, 0.6) is 0 Å². The van der Waals surface area contributed by atoms with Crippen LogP contribution in [0.4, 0.5) is 0 Å². The Morgan fingerprint density at radius 1 is 1.20 bits per heavy atom. The van der Waals surface area contributed by atoms with Gasteiger partial charge in [0.05, 0.1) is 29.6 Å². The molecule has 5 rings (SSSR count). The van der Waals surface area contributed by atoms with Crippen molar-refractivity contribution in [1.82, 2.24) is 4.98 Å². The SMILES string of the molecule is C[C@@H]1C/C(=C/c2ccco2)c2nc3ccccc3c(C(=O)O[C@@H]3CCOC3=O)c2C1. The van der Waals surface area contributed by atoms with Crippen molar-refractivity contribution in [3.05, 3.63) is 65.2 Å². The summed E-state index contributed by atoms with van der Waals surface area (Å²) >= 11 is 0. The van der Waals surface area contributed by atoms with Crippen molar-refractivity contribution in [1.29, 1.82) is 0 Å². The van der Waals surface area contributed by atoms with Crippen LogP contribution in [0.1, 0.15) is 47.1 Å². The highest BCUT2D eigenvalue weighted by molar-refractivity contribution is 6.07. The fraction of sp³-hybridized carbons (Fsp3) is 0.292. The van der Waals surface area contributed by atoms with Gasteiger partial charge in [-0.25, -0.2) is 14.6 Å². The maximum Gasteiger partial charge on any atom is 0.347 e. The van der Waals surface area contributed by atoms with E-state index in [1.165, 1.54) is 0 Å². The number of ether oxygens (including phenoxy) is 2. The first-order valence-electron chi connectivity index (χ1n) is 10.1. The number of rotatable bonds is 3. The van der Waals surface area contributed by atoms with Crippen molar-refractivity contribution >= 4 is 34.5 Å². The van der Waals surface area contributed by atoms with Crippen LogP contribution in [0, 0.1) is 5.92 Å². The fourth-order valence-corrected chi connectivity index (χ4v) is 4.29. The van der Waals surface area contributed by atoms with Gasteiger partial charge in [-0.05, 0) is 54.2 Å². The molecule has 0 unspecified atom stereocenters. The zero-order valence-corrected chi connectivity index (χ0v) is 16.6. The molecular weight excluding hydrogens is 382 g/mol. The van der Waals surface area contributed by atoms with E-state index in [-0.39, 0.29) is 6.61 Å². The van der Waals surface area contributed by atoms with E-state index in [4.69, 9.17) is 18.9 Å². The van der Waals surface area contributed by atoms with Crippen molar-refractivity contribution in [2.45, 2.75) is 32.3 Å². The number of cyclic esters (lactones) is 1. The van der Waals surface area contributed by atoms with Crippen LogP contribution < -0.4 is 0 Å². The van der Waals surface area contributed by atoms with Gasteiger partial charge in [0.2, 0.25) is 6.10 Å². The first-order valence-corrected chi connectivity index (χ1v) is 10.1. The van der Waals surface area contributed by atoms with Crippen molar-refractivity contribution in [3.8, 4) is 0 Å². The highest BCUT2D eigenvalue weighted by Gasteiger charge is 2.34. The van der Waals surface area contributed by atoms with E-state index in [2.05, 4.69) is 6.92 Å². The molecular formula is C24H21NO5. The quantitative estimate of drug-likeness (QED) is 0.602. The number of nitrogens with zero attached hydrogens (tertiary/aromatic N) is 1. The molecule has 0 radical (unpaired) electrons. The smallest absolute Gasteiger partial charge is 0.347 e. The zero-order chi connectivity index (χ0) is 20.7. The minimum absolute atomic E-state index is 0.277. The standard InChI is InChI=1S/C24H21NO5/c1-14-11-15(13-16-5-4-9-28-16)22-18(12-14)21(17-6-2-3-7-19(17)25-22)24(27)30-20-8-10-29-23(20)26/h2-7,9,13-14,20H,8,10-12H2,1H3/b15-13-/t14-,20-/m1/s1. The molecule has 2 aromatic heterocycles. The minimum Gasteiger partial charge on any atom is -0.465 e. The average Bonchev–Trinajstić information content (AvgIpc) is 3.38. The lowest BCUT2D eigenvalue weighted by Crippen LogP contribution is -2.25. The number of aromatic nitrogens is 1. The molecule has 2 atom stereocenters. The van der Waals surface area contributed by atoms with E-state index in [9.17, 15) is 9.59 Å². The topological polar surface area (TPSA) is 78.6 Å². The molecule has 1 aliphatic carbocycles. The van der Waals surface area contributed by atoms with Crippen LogP contribution in [-0.4, -0.2) is 29.6 Å². The third-order valence-electron chi connectivity index (χ3n) is 5.62. The van der Waals surface area contributed by atoms with Gasteiger partial charge in [0, 0.05) is 11.8 Å². The number of allylic oxidation sites excluding steroid dienone is 1. The van der Waals surface area contributed by atoms with Gasteiger partial charge >= 0.3 is 11.9 Å². The van der Waals surface area contributed by atoms with Crippen molar-refractivity contribution in [2.75, 3.05) is 6.61 Å². The lowest BCUT2D eigenvalue weighted by molar-refractivity contribution is -0.145. The molecule has 30 heavy (non-hydrogen) atoms. The second kappa shape index (κ2) is 7.44. The maximum atomic E-state index is 13.3. The summed E-state index contributed by atoms with van der Waals surface area (Å²) in [6, 6.07) is 11.3. The number of benzene rings is 1. The Kier molecular flexibility index (Phi) is 4.62. The molecule has 6 heteroatoms. The number of hydrogen-bond acceptors (Lipinski definition) is 6. The van der Waals surface area contributed by atoms with Crippen molar-refractivity contribution in [3.63, 3.8) is 0 Å². The summed E-state index contributed by atoms with van der Waals surface area (Å²) in [6.07, 6.45) is 4.70. The number of carbonyl (C=O) groups is 2. The van der Waals surface area contributed by atoms with E-state index in [1.807, 2.05) is 42.5 Å². The minimum atomic E-state index is -0.848. The lowest BCUT2D eigenvalue weighted by atomic mass is 9.81. The van der Waals surface area contributed by atoms with E-state index in [0.29, 0.717) is 24.3 Å². The van der Waals surface area contributed by atoms with E-state index in [0.717, 1.165) is 39.9 Å². The van der Waals surface area contributed by atoms with Crippen molar-refractivity contribution < 1.29 is 23.5 Å². The predicted octanol–water partition coefficient (Wildman–Crippen LogP) is 4.42. The van der Waals surface area contributed by atoms with E-state index < -0.39 is 18.0 Å². The summed E-state index contributed by atoms with van der Waals surface area (Å²) in [5, 5.41) is 0.735. The zero-order valence-electron chi connectivity index (χ0n) is 16.6. The Hall–Kier alpha value is -3.41. The van der Waals surface area contributed by atoms with Crippen LogP contribution in [-0.2, 0) is 20.7 Å². The van der Waals surface area contributed by atoms with Crippen LogP contribution in [0.25, 0.3) is 22.6 Å². The number of esters is 2. The highest BCUT2D eigenvalue weighted by atomic mass is 16.6. The monoisotopic (exact) mass is 403 g/mol. The molecule has 0 N–H and O–H groups in total. The number of pyridine rings is 1. The Morgan fingerprint density at radius 2 is 2.07 bits per heavy atom. The molecule has 2 aliphatic rings. The van der Waals surface area contributed by atoms with E-state index in [1.54, 1.807) is 6.26 Å². The molecule has 0 spiro atoms. The predicted molar refractivity (Wildman–Crippen MR) is 111 cm³/mol. The molecule has 6 nitrogen and oxygen atoms in total. The lowest BCUT2D eigenvalue weighted by Gasteiger charge is -2.26. The summed E-state index contributed by atoms with van der Waals surface area (Å²) < 4.78 is 16.0. The molecule has 0 bridgehead atoms. The molecule has 0 amide bonds. The maximum absolute atomic E-state index is 13.3. The molecule has 3 aromatic rings. The number of furan rings is 1. The van der Waals surface area contributed by atoms with Gasteiger partial charge in [0.1, 0.15) is 5.76 Å². The summed E-state index contributed by atoms with van der Waals surface area (Å²) in [4.78, 5) is 30.0. The van der Waals surface area contributed by atoms with Gasteiger partial charge in [0.15, 0.2) is 0 Å². The Morgan fingerprint density at radius 3 is 2.83 bits per heavy atom. The third kappa shape index (κ3) is 3.28. The first kappa shape index (κ1) is 18.6. The molecule has 3 heterocycles. The Bertz CT molecular complexity index is 1160. The summed E-state index contributed by atoms with van der Waals surface area (Å²) in [5.74, 6) is 0.0880. The van der Waals surface area contributed by atoms with Crippen LogP contribution in [0.15, 0.2) is 47.1 Å². The second-order valence-corrected chi connectivity index (χ2v) is 7.88. The number of fused-ring (bicyclic) bond motifs is 2. The Labute approximate surface area is 173 Å². The summed E-state index contributed by atoms with van der Waals surface area (Å²) in [7, 11) is 0. The van der Waals surface area contributed by atoms with Gasteiger partial charge in [-0.15, -0.1) is 0 Å². The molecule has 1 aliphatic heterocycles. The molecule has 152 valence electrons. The van der Waals surface area contributed by atoms with Gasteiger partial charge in [-0.3, -0.25) is 0 Å². The number of hydrogen-bond donors (Lipinski definition) is 0. The fourth-order valence-electron chi connectivity index (χ4n) is 4.29. The van der Waals surface area contributed by atoms with Gasteiger partial charge in [-0.1, -0.05) is 25.1 Å². The van der Waals surface area contributed by atoms with Crippen molar-refractivity contribution in [2.24, 2.45) is 5.92 Å². The highest BCUT2D eigenvalue weighted by Crippen LogP contribution is 2.39. The van der Waals surface area contributed by atoms with Crippen LogP contribution in [0.2, 0.25) is 0 Å². The molecule has 1 aromatic carbocycles. The molecule has 1 saturated heterocycles. The third-order valence-corrected chi connectivity index (χ3v) is 5.62. The van der Waals surface area contributed by atoms with Gasteiger partial charge in [-0.2, -0.15) is 0 Å². The summed E-state index contributed by atoms with van der Waals surface area (Å²) in [6.45, 7) is 2.43. The first-order chi connectivity index (χ1) is 14.6. The molecule has 0 saturated carbocycles. The van der Waals surface area contributed by atoms with E-state index >= 15 is 0 Å².